The maximum atomic E-state index is 12.6. The van der Waals surface area contributed by atoms with Crippen molar-refractivity contribution in [3.8, 4) is 11.5 Å². The summed E-state index contributed by atoms with van der Waals surface area (Å²) >= 11 is 1.76. The van der Waals surface area contributed by atoms with Gasteiger partial charge in [-0.3, -0.25) is 4.79 Å². The number of nitrogens with zero attached hydrogens (tertiary/aromatic N) is 2. The molecule has 0 saturated carbocycles. The van der Waals surface area contributed by atoms with Crippen molar-refractivity contribution in [1.29, 1.82) is 0 Å². The quantitative estimate of drug-likeness (QED) is 0.723. The molecule has 0 N–H and O–H groups in total. The van der Waals surface area contributed by atoms with Crippen molar-refractivity contribution in [1.82, 2.24) is 4.98 Å². The van der Waals surface area contributed by atoms with Gasteiger partial charge in [-0.05, 0) is 6.07 Å². The minimum atomic E-state index is -0.406. The Hall–Kier alpha value is -2.35. The molecule has 1 aliphatic heterocycles. The molecule has 4 rings (SSSR count). The lowest BCUT2D eigenvalue weighted by Gasteiger charge is -2.15. The zero-order valence-corrected chi connectivity index (χ0v) is 13.4. The molecule has 3 heterocycles. The molecule has 7 nitrogen and oxygen atoms in total. The molecule has 1 fully saturated rings. The number of ether oxygens (including phenoxy) is 2. The van der Waals surface area contributed by atoms with E-state index in [1.165, 1.54) is 20.5 Å². The second-order valence-electron chi connectivity index (χ2n) is 5.04. The van der Waals surface area contributed by atoms with Crippen LogP contribution in [0.15, 0.2) is 26.0 Å². The minimum Gasteiger partial charge on any atom is -0.495 e. The molecule has 120 valence electrons. The smallest absolute Gasteiger partial charge is 0.302 e. The van der Waals surface area contributed by atoms with Gasteiger partial charge in [-0.25, -0.2) is 0 Å². The lowest BCUT2D eigenvalue weighted by molar-refractivity contribution is 0.399. The number of hydrogen-bond donors (Lipinski definition) is 0. The van der Waals surface area contributed by atoms with Crippen LogP contribution >= 0.6 is 11.8 Å². The van der Waals surface area contributed by atoms with E-state index in [1.807, 2.05) is 4.90 Å². The van der Waals surface area contributed by atoms with Crippen LogP contribution in [0.1, 0.15) is 0 Å². The molecule has 23 heavy (non-hydrogen) atoms. The third-order valence-corrected chi connectivity index (χ3v) is 4.78. The van der Waals surface area contributed by atoms with E-state index in [4.69, 9.17) is 18.3 Å². The number of aromatic nitrogens is 1. The van der Waals surface area contributed by atoms with Crippen molar-refractivity contribution in [3.63, 3.8) is 0 Å². The first kappa shape index (κ1) is 14.3. The van der Waals surface area contributed by atoms with Gasteiger partial charge in [0.2, 0.25) is 5.75 Å². The Kier molecular flexibility index (Phi) is 3.33. The zero-order valence-electron chi connectivity index (χ0n) is 12.6. The zero-order chi connectivity index (χ0) is 16.0. The number of hydrogen-bond acceptors (Lipinski definition) is 8. The predicted molar refractivity (Wildman–Crippen MR) is 87.8 cm³/mol. The van der Waals surface area contributed by atoms with Gasteiger partial charge < -0.3 is 23.2 Å². The Labute approximate surface area is 135 Å². The molecule has 0 spiro atoms. The highest BCUT2D eigenvalue weighted by Crippen LogP contribution is 2.42. The van der Waals surface area contributed by atoms with Gasteiger partial charge in [0.15, 0.2) is 11.2 Å². The third kappa shape index (κ3) is 2.05. The average Bonchev–Trinajstić information content (AvgIpc) is 3.23. The first-order valence-electron chi connectivity index (χ1n) is 7.03. The second-order valence-corrected chi connectivity index (χ2v) is 6.11. The number of furan rings is 1. The van der Waals surface area contributed by atoms with E-state index in [9.17, 15) is 4.79 Å². The molecular formula is C15H14N2O5S. The summed E-state index contributed by atoms with van der Waals surface area (Å²) in [6.07, 6.45) is 1.52. The lowest BCUT2D eigenvalue weighted by Crippen LogP contribution is -2.22. The Bertz CT molecular complexity index is 942. The molecule has 1 aromatic carbocycles. The molecule has 0 unspecified atom stereocenters. The van der Waals surface area contributed by atoms with Gasteiger partial charge in [-0.15, -0.1) is 11.8 Å². The summed E-state index contributed by atoms with van der Waals surface area (Å²) in [7, 11) is 3.01. The maximum Gasteiger partial charge on any atom is 0.302 e. The van der Waals surface area contributed by atoms with Crippen LogP contribution < -0.4 is 19.9 Å². The van der Waals surface area contributed by atoms with Crippen molar-refractivity contribution in [2.24, 2.45) is 0 Å². The Morgan fingerprint density at radius 1 is 1.26 bits per heavy atom. The van der Waals surface area contributed by atoms with E-state index >= 15 is 0 Å². The minimum absolute atomic E-state index is 0.258. The van der Waals surface area contributed by atoms with Crippen LogP contribution in [0.5, 0.6) is 11.5 Å². The summed E-state index contributed by atoms with van der Waals surface area (Å²) in [5.41, 5.74) is 0.364. The average molecular weight is 334 g/mol. The maximum absolute atomic E-state index is 12.6. The monoisotopic (exact) mass is 334 g/mol. The highest BCUT2D eigenvalue weighted by Gasteiger charge is 2.25. The summed E-state index contributed by atoms with van der Waals surface area (Å²) < 4.78 is 22.2. The number of anilines is 1. The first-order chi connectivity index (χ1) is 11.2. The van der Waals surface area contributed by atoms with Crippen molar-refractivity contribution < 1.29 is 18.3 Å². The highest BCUT2D eigenvalue weighted by molar-refractivity contribution is 7.99. The predicted octanol–water partition coefficient (Wildman–Crippen LogP) is 2.46. The molecule has 2 aromatic heterocycles. The van der Waals surface area contributed by atoms with Gasteiger partial charge in [-0.2, -0.15) is 4.98 Å². The van der Waals surface area contributed by atoms with E-state index in [0.717, 1.165) is 18.2 Å². The van der Waals surface area contributed by atoms with Crippen LogP contribution in [-0.2, 0) is 0 Å². The Balaban J connectivity index is 2.12. The van der Waals surface area contributed by atoms with Gasteiger partial charge in [0.25, 0.3) is 5.56 Å². The van der Waals surface area contributed by atoms with Gasteiger partial charge in [0.05, 0.1) is 31.7 Å². The van der Waals surface area contributed by atoms with Gasteiger partial charge in [-0.1, -0.05) is 0 Å². The standard InChI is InChI=1S/C15H14N2O5S/c1-19-10-8-3-5-21-11(8)13(20-2)12-9(10)14(18)16-15(22-12)17-4-6-23-7-17/h3,5H,4,6-7H2,1-2H3. The van der Waals surface area contributed by atoms with Crippen LogP contribution in [0.25, 0.3) is 21.9 Å². The molecule has 1 aliphatic rings. The number of methoxy groups -OCH3 is 2. The largest absolute Gasteiger partial charge is 0.495 e. The first-order valence-corrected chi connectivity index (χ1v) is 8.18. The van der Waals surface area contributed by atoms with E-state index in [0.29, 0.717) is 34.1 Å². The third-order valence-electron chi connectivity index (χ3n) is 3.81. The molecule has 0 atom stereocenters. The van der Waals surface area contributed by atoms with Gasteiger partial charge in [0, 0.05) is 12.3 Å². The second kappa shape index (κ2) is 5.38. The van der Waals surface area contributed by atoms with Crippen LogP contribution in [-0.4, -0.2) is 37.4 Å². The molecule has 0 bridgehead atoms. The summed E-state index contributed by atoms with van der Waals surface area (Å²) in [4.78, 5) is 18.6. The number of thioether (sulfide) groups is 1. The molecule has 0 amide bonds. The van der Waals surface area contributed by atoms with E-state index in [-0.39, 0.29) is 5.39 Å². The number of fused-ring (bicyclic) bond motifs is 2. The van der Waals surface area contributed by atoms with Crippen LogP contribution in [0.3, 0.4) is 0 Å². The van der Waals surface area contributed by atoms with E-state index in [1.54, 1.807) is 17.8 Å². The van der Waals surface area contributed by atoms with Crippen LogP contribution in [0.4, 0.5) is 6.01 Å². The van der Waals surface area contributed by atoms with Gasteiger partial charge >= 0.3 is 6.01 Å². The fraction of sp³-hybridized carbons (Fsp3) is 0.333. The fourth-order valence-electron chi connectivity index (χ4n) is 2.76. The molecule has 1 saturated heterocycles. The molecule has 0 radical (unpaired) electrons. The highest BCUT2D eigenvalue weighted by atomic mass is 32.2. The normalized spacial score (nSPS) is 14.8. The van der Waals surface area contributed by atoms with Gasteiger partial charge in [0.1, 0.15) is 11.1 Å². The summed E-state index contributed by atoms with van der Waals surface area (Å²) in [5.74, 6) is 2.46. The van der Waals surface area contributed by atoms with Crippen molar-refractivity contribution in [3.05, 3.63) is 22.7 Å². The van der Waals surface area contributed by atoms with Crippen molar-refractivity contribution >= 4 is 39.7 Å². The summed E-state index contributed by atoms with van der Waals surface area (Å²) in [6.45, 7) is 0.786. The summed E-state index contributed by atoms with van der Waals surface area (Å²) in [6, 6.07) is 2.01. The van der Waals surface area contributed by atoms with Crippen molar-refractivity contribution in [2.45, 2.75) is 0 Å². The molecular weight excluding hydrogens is 320 g/mol. The molecule has 8 heteroatoms. The number of benzene rings is 1. The van der Waals surface area contributed by atoms with Crippen LogP contribution in [0, 0.1) is 0 Å². The van der Waals surface area contributed by atoms with E-state index in [2.05, 4.69) is 4.98 Å². The SMILES string of the molecule is COc1c2occc2c(OC)c2c(=O)nc(N3CCSC3)oc12. The Morgan fingerprint density at radius 3 is 2.78 bits per heavy atom. The molecule has 0 aliphatic carbocycles. The molecule has 3 aromatic rings. The topological polar surface area (TPSA) is 77.9 Å². The Morgan fingerprint density at radius 2 is 2.09 bits per heavy atom. The van der Waals surface area contributed by atoms with Crippen molar-refractivity contribution in [2.75, 3.05) is 37.3 Å². The summed E-state index contributed by atoms with van der Waals surface area (Å²) in [5, 5.41) is 0.907. The van der Waals surface area contributed by atoms with Crippen LogP contribution in [0.2, 0.25) is 0 Å². The lowest BCUT2D eigenvalue weighted by atomic mass is 10.1. The van der Waals surface area contributed by atoms with E-state index < -0.39 is 5.56 Å². The fourth-order valence-corrected chi connectivity index (χ4v) is 3.70. The number of rotatable bonds is 3.